The second kappa shape index (κ2) is 0.587. The van der Waals surface area contributed by atoms with Crippen molar-refractivity contribution in [2.24, 2.45) is 0 Å². The van der Waals surface area contributed by atoms with E-state index < -0.39 is 0 Å². The lowest BCUT2D eigenvalue weighted by atomic mass is 10.2. The van der Waals surface area contributed by atoms with Gasteiger partial charge in [-0.25, -0.2) is 0 Å². The van der Waals surface area contributed by atoms with Gasteiger partial charge in [0, 0.05) is 0 Å². The Morgan fingerprint density at radius 2 is 2.20 bits per heavy atom. The van der Waals surface area contributed by atoms with Gasteiger partial charge in [-0.2, -0.15) is 0 Å². The maximum atomic E-state index is 9.73. The molecule has 0 heterocycles. The van der Waals surface area contributed by atoms with Gasteiger partial charge in [-0.3, -0.25) is 4.79 Å². The minimum absolute atomic E-state index is 0.0741. The summed E-state index contributed by atoms with van der Waals surface area (Å²) in [6.07, 6.45) is 0.486. The normalized spacial score (nSPS) is 15.6. The third-order valence-electron chi connectivity index (χ3n) is 0.477. The van der Waals surface area contributed by atoms with Crippen LogP contribution in [0.4, 0.5) is 0 Å². The van der Waals surface area contributed by atoms with Gasteiger partial charge in [0.25, 0.3) is 0 Å². The largest absolute Gasteiger partial charge is 0.284 e. The van der Waals surface area contributed by atoms with Gasteiger partial charge in [-0.1, -0.05) is 5.92 Å². The molecule has 0 amide bonds. The summed E-state index contributed by atoms with van der Waals surface area (Å²) in [7, 11) is 0. The van der Waals surface area contributed by atoms with E-state index >= 15 is 0 Å². The van der Waals surface area contributed by atoms with E-state index in [9.17, 15) is 4.79 Å². The Labute approximate surface area is 30.0 Å². The third-order valence-corrected chi connectivity index (χ3v) is 0.477. The molecule has 0 aromatic rings. The molecule has 0 fully saturated rings. The highest BCUT2D eigenvalue weighted by Crippen LogP contribution is 1.85. The van der Waals surface area contributed by atoms with Gasteiger partial charge in [0.2, 0.25) is 5.78 Å². The van der Waals surface area contributed by atoms with Crippen molar-refractivity contribution in [1.29, 1.82) is 0 Å². The fraction of sp³-hybridized carbons (Fsp3) is 0.250. The molecule has 0 aliphatic heterocycles. The summed E-state index contributed by atoms with van der Waals surface area (Å²) in [4.78, 5) is 9.73. The Hall–Kier alpha value is -0.770. The van der Waals surface area contributed by atoms with Crippen molar-refractivity contribution >= 4 is 5.78 Å². The SMILES string of the molecule is O=C1C#CC1. The molecule has 0 saturated heterocycles. The number of hydrogen-bond acceptors (Lipinski definition) is 1. The molecule has 0 unspecified atom stereocenters. The zero-order chi connectivity index (χ0) is 3.70. The van der Waals surface area contributed by atoms with Crippen molar-refractivity contribution in [2.75, 3.05) is 0 Å². The van der Waals surface area contributed by atoms with Gasteiger partial charge in [-0.05, 0) is 5.92 Å². The van der Waals surface area contributed by atoms with Crippen LogP contribution in [0.15, 0.2) is 0 Å². The minimum Gasteiger partial charge on any atom is -0.284 e. The topological polar surface area (TPSA) is 17.1 Å². The molecule has 1 nitrogen and oxygen atoms in total. The Morgan fingerprint density at radius 1 is 1.80 bits per heavy atom. The maximum Gasteiger partial charge on any atom is 0.217 e. The van der Waals surface area contributed by atoms with Gasteiger partial charge in [0.1, 0.15) is 0 Å². The lowest BCUT2D eigenvalue weighted by molar-refractivity contribution is -0.113. The second-order valence-corrected chi connectivity index (χ2v) is 0.902. The summed E-state index contributed by atoms with van der Waals surface area (Å²) in [5.74, 6) is 4.95. The molecule has 0 atom stereocenters. The molecular formula is C4H2O. The van der Waals surface area contributed by atoms with Gasteiger partial charge in [-0.15, -0.1) is 0 Å². The average Bonchev–Trinajstić information content (AvgIpc) is 1.30. The van der Waals surface area contributed by atoms with E-state index in [2.05, 4.69) is 11.8 Å². The molecule has 0 aromatic heterocycles. The zero-order valence-corrected chi connectivity index (χ0v) is 2.62. The number of carbonyl (C=O) groups excluding carboxylic acids is 1. The maximum absolute atomic E-state index is 9.73. The summed E-state index contributed by atoms with van der Waals surface area (Å²) in [5, 5.41) is 0. The first kappa shape index (κ1) is 2.47. The monoisotopic (exact) mass is 66.0 g/mol. The molecule has 0 N–H and O–H groups in total. The highest BCUT2D eigenvalue weighted by atomic mass is 16.1. The van der Waals surface area contributed by atoms with E-state index in [0.717, 1.165) is 0 Å². The Bertz CT molecular complexity index is 113. The Kier molecular flexibility index (Phi) is 0.290. The molecule has 1 heteroatoms. The molecular weight excluding hydrogens is 64.0 g/mol. The second-order valence-electron chi connectivity index (χ2n) is 0.902. The van der Waals surface area contributed by atoms with Crippen LogP contribution in [0, 0.1) is 11.8 Å². The Morgan fingerprint density at radius 3 is 2.20 bits per heavy atom. The number of rotatable bonds is 0. The minimum atomic E-state index is 0.0741. The lowest BCUT2D eigenvalue weighted by Gasteiger charge is -1.84. The first-order valence-electron chi connectivity index (χ1n) is 1.41. The van der Waals surface area contributed by atoms with Crippen LogP contribution in [0.2, 0.25) is 0 Å². The van der Waals surface area contributed by atoms with Crippen LogP contribution in [-0.2, 0) is 4.79 Å². The number of hydrogen-bond donors (Lipinski definition) is 0. The van der Waals surface area contributed by atoms with Crippen LogP contribution in [0.5, 0.6) is 0 Å². The van der Waals surface area contributed by atoms with Crippen molar-refractivity contribution < 1.29 is 4.79 Å². The first-order chi connectivity index (χ1) is 2.39. The zero-order valence-electron chi connectivity index (χ0n) is 2.62. The summed E-state index contributed by atoms with van der Waals surface area (Å²) < 4.78 is 0. The lowest BCUT2D eigenvalue weighted by Crippen LogP contribution is -1.97. The van der Waals surface area contributed by atoms with E-state index in [0.29, 0.717) is 6.42 Å². The molecule has 0 aromatic carbocycles. The average molecular weight is 66.1 g/mol. The van der Waals surface area contributed by atoms with Crippen molar-refractivity contribution in [3.8, 4) is 11.8 Å². The van der Waals surface area contributed by atoms with Gasteiger partial charge in [0.15, 0.2) is 0 Å². The standard InChI is InChI=1S/C4H2O/c5-4-2-1-3-4/h2H2. The van der Waals surface area contributed by atoms with E-state index in [-0.39, 0.29) is 5.78 Å². The Balaban J connectivity index is 2.87. The number of Topliss-reactive ketones (excluding diaryl/α,β-unsaturated/α-hetero) is 1. The van der Waals surface area contributed by atoms with Crippen LogP contribution in [0.1, 0.15) is 6.42 Å². The van der Waals surface area contributed by atoms with Crippen LogP contribution >= 0.6 is 0 Å². The first-order valence-corrected chi connectivity index (χ1v) is 1.41. The predicted molar refractivity (Wildman–Crippen MR) is 17.4 cm³/mol. The van der Waals surface area contributed by atoms with E-state index in [1.54, 1.807) is 0 Å². The summed E-state index contributed by atoms with van der Waals surface area (Å²) in [6.45, 7) is 0. The van der Waals surface area contributed by atoms with E-state index in [4.69, 9.17) is 0 Å². The van der Waals surface area contributed by atoms with Crippen LogP contribution < -0.4 is 0 Å². The molecule has 0 spiro atoms. The highest BCUT2D eigenvalue weighted by Gasteiger charge is 1.97. The van der Waals surface area contributed by atoms with Crippen LogP contribution in [0.3, 0.4) is 0 Å². The third kappa shape index (κ3) is 0.179. The van der Waals surface area contributed by atoms with Crippen molar-refractivity contribution in [3.63, 3.8) is 0 Å². The number of carbonyl (C=O) groups is 1. The fourth-order valence-electron chi connectivity index (χ4n) is 0.161. The van der Waals surface area contributed by atoms with E-state index in [1.807, 2.05) is 0 Å². The molecule has 24 valence electrons. The fourth-order valence-corrected chi connectivity index (χ4v) is 0.161. The molecule has 1 aliphatic rings. The summed E-state index contributed by atoms with van der Waals surface area (Å²) in [5.41, 5.74) is 0. The quantitative estimate of drug-likeness (QED) is 0.286. The van der Waals surface area contributed by atoms with Gasteiger partial charge >= 0.3 is 0 Å². The summed E-state index contributed by atoms with van der Waals surface area (Å²) >= 11 is 0. The molecule has 1 rings (SSSR count). The predicted octanol–water partition coefficient (Wildman–Crippen LogP) is -0.0374. The molecule has 0 radical (unpaired) electrons. The molecule has 1 aliphatic carbocycles. The smallest absolute Gasteiger partial charge is 0.217 e. The molecule has 0 bridgehead atoms. The number of ketones is 1. The van der Waals surface area contributed by atoms with Gasteiger partial charge in [0.05, 0.1) is 6.42 Å². The molecule has 0 saturated carbocycles. The molecule has 5 heavy (non-hydrogen) atoms. The van der Waals surface area contributed by atoms with Crippen LogP contribution in [-0.4, -0.2) is 5.78 Å². The summed E-state index contributed by atoms with van der Waals surface area (Å²) in [6, 6.07) is 0. The van der Waals surface area contributed by atoms with Crippen molar-refractivity contribution in [2.45, 2.75) is 6.42 Å². The van der Waals surface area contributed by atoms with E-state index in [1.165, 1.54) is 0 Å². The van der Waals surface area contributed by atoms with Crippen molar-refractivity contribution in [3.05, 3.63) is 0 Å². The van der Waals surface area contributed by atoms with Crippen molar-refractivity contribution in [1.82, 2.24) is 0 Å². The van der Waals surface area contributed by atoms with Gasteiger partial charge < -0.3 is 0 Å². The highest BCUT2D eigenvalue weighted by molar-refractivity contribution is 6.02. The van der Waals surface area contributed by atoms with Crippen LogP contribution in [0.25, 0.3) is 0 Å².